The predicted molar refractivity (Wildman–Crippen MR) is 211 cm³/mol. The molecule has 3 aliphatic heterocycles. The summed E-state index contributed by atoms with van der Waals surface area (Å²) in [6.07, 6.45) is -11.7. The number of esters is 1. The van der Waals surface area contributed by atoms with Gasteiger partial charge in [-0.15, -0.1) is 0 Å². The molecule has 0 radical (unpaired) electrons. The SMILES string of the molecule is CC[C@H]1OC(=O)[C@@](C)(F)C(=O)[C@H](C)[C@@H](O[C@@H]2O[C@H](C)C[C@H](N(C)C)[C@H]2O)[C@](C)(OC)C[C@@H](C)C(=O)[C@H](C)[C@H]2N(CCCOC(=O)Nc3ccc(C(F)(F)F)cc3)C(=O)O[C@]12C. The van der Waals surface area contributed by atoms with Gasteiger partial charge in [0.2, 0.25) is 0 Å². The van der Waals surface area contributed by atoms with Crippen LogP contribution in [0, 0.1) is 17.8 Å². The minimum absolute atomic E-state index is 0.00719. The lowest BCUT2D eigenvalue weighted by Crippen LogP contribution is -2.61. The van der Waals surface area contributed by atoms with Gasteiger partial charge in [0.1, 0.15) is 18.0 Å². The van der Waals surface area contributed by atoms with Gasteiger partial charge in [0.05, 0.1) is 36.0 Å². The van der Waals surface area contributed by atoms with Gasteiger partial charge in [-0.25, -0.2) is 18.8 Å². The topological polar surface area (TPSA) is 179 Å². The van der Waals surface area contributed by atoms with E-state index in [2.05, 4.69) is 5.32 Å². The number of fused-ring (bicyclic) bond motifs is 1. The van der Waals surface area contributed by atoms with Crippen LogP contribution in [0.3, 0.4) is 0 Å². The highest BCUT2D eigenvalue weighted by molar-refractivity contribution is 6.08. The van der Waals surface area contributed by atoms with Crippen LogP contribution in [0.5, 0.6) is 0 Å². The molecule has 3 aliphatic rings. The normalized spacial score (nSPS) is 36.8. The van der Waals surface area contributed by atoms with Crippen LogP contribution in [0.15, 0.2) is 24.3 Å². The van der Waals surface area contributed by atoms with E-state index >= 15 is 4.39 Å². The van der Waals surface area contributed by atoms with E-state index < -0.39 is 113 Å². The van der Waals surface area contributed by atoms with Crippen LogP contribution in [0.25, 0.3) is 0 Å². The maximum Gasteiger partial charge on any atom is 0.416 e. The molecule has 0 aromatic heterocycles. The smallest absolute Gasteiger partial charge is 0.416 e. The average Bonchev–Trinajstić information content (AvgIpc) is 3.45. The molecular formula is C42H61F4N3O12. The number of halogens is 4. The molecule has 2 N–H and O–H groups in total. The summed E-state index contributed by atoms with van der Waals surface area (Å²) < 4.78 is 91.0. The van der Waals surface area contributed by atoms with Gasteiger partial charge in [0, 0.05) is 43.1 Å². The van der Waals surface area contributed by atoms with Gasteiger partial charge in [-0.3, -0.25) is 14.9 Å². The van der Waals surface area contributed by atoms with Gasteiger partial charge in [0.15, 0.2) is 17.7 Å². The number of aliphatic hydroxyl groups excluding tert-OH is 1. The molecule has 0 bridgehead atoms. The van der Waals surface area contributed by atoms with Crippen LogP contribution >= 0.6 is 0 Å². The first-order valence-electron chi connectivity index (χ1n) is 20.5. The Labute approximate surface area is 354 Å². The molecule has 1 aromatic carbocycles. The van der Waals surface area contributed by atoms with Crippen molar-refractivity contribution in [3.63, 3.8) is 0 Å². The van der Waals surface area contributed by atoms with Crippen molar-refractivity contribution in [3.05, 3.63) is 29.8 Å². The average molecular weight is 876 g/mol. The summed E-state index contributed by atoms with van der Waals surface area (Å²) in [5, 5.41) is 13.7. The Bertz CT molecular complexity index is 1750. The van der Waals surface area contributed by atoms with Crippen molar-refractivity contribution in [3.8, 4) is 0 Å². The first kappa shape index (κ1) is 49.7. The van der Waals surface area contributed by atoms with Gasteiger partial charge in [0.25, 0.3) is 5.67 Å². The zero-order valence-corrected chi connectivity index (χ0v) is 36.7. The van der Waals surface area contributed by atoms with Crippen molar-refractivity contribution >= 4 is 35.4 Å². The third-order valence-corrected chi connectivity index (χ3v) is 12.4. The molecule has 61 heavy (non-hydrogen) atoms. The van der Waals surface area contributed by atoms with E-state index in [0.29, 0.717) is 6.42 Å². The summed E-state index contributed by atoms with van der Waals surface area (Å²) in [6.45, 7) is 11.4. The maximum atomic E-state index is 16.8. The third kappa shape index (κ3) is 10.7. The van der Waals surface area contributed by atoms with Crippen LogP contribution in [0.2, 0.25) is 0 Å². The molecule has 13 atom stereocenters. The summed E-state index contributed by atoms with van der Waals surface area (Å²) in [4.78, 5) is 71.9. The second-order valence-corrected chi connectivity index (χ2v) is 17.3. The minimum atomic E-state index is -4.56. The van der Waals surface area contributed by atoms with Crippen molar-refractivity contribution < 1.29 is 75.1 Å². The molecule has 3 heterocycles. The molecule has 0 saturated carbocycles. The number of likely N-dealkylation sites (N-methyl/N-ethyl adjacent to an activating group) is 1. The molecule has 15 nitrogen and oxygen atoms in total. The lowest BCUT2D eigenvalue weighted by atomic mass is 9.73. The largest absolute Gasteiger partial charge is 0.455 e. The van der Waals surface area contributed by atoms with Crippen LogP contribution in [0.4, 0.5) is 32.8 Å². The molecule has 3 fully saturated rings. The Morgan fingerprint density at radius 3 is 2.21 bits per heavy atom. The second kappa shape index (κ2) is 19.2. The quantitative estimate of drug-likeness (QED) is 0.0929. The molecule has 3 saturated heterocycles. The number of aliphatic hydroxyl groups is 1. The fraction of sp³-hybridized carbons (Fsp3) is 0.738. The number of methoxy groups -OCH3 is 1. The van der Waals surface area contributed by atoms with Crippen LogP contribution in [-0.2, 0) is 49.0 Å². The Kier molecular flexibility index (Phi) is 15.7. The fourth-order valence-corrected chi connectivity index (χ4v) is 9.01. The number of nitrogens with one attached hydrogen (secondary N) is 1. The van der Waals surface area contributed by atoms with Crippen LogP contribution in [0.1, 0.15) is 86.6 Å². The van der Waals surface area contributed by atoms with Crippen molar-refractivity contribution in [2.24, 2.45) is 17.8 Å². The Balaban J connectivity index is 1.65. The third-order valence-electron chi connectivity index (χ3n) is 12.4. The highest BCUT2D eigenvalue weighted by Gasteiger charge is 2.61. The molecule has 0 unspecified atom stereocenters. The van der Waals surface area contributed by atoms with E-state index in [-0.39, 0.29) is 43.9 Å². The van der Waals surface area contributed by atoms with E-state index in [9.17, 15) is 42.3 Å². The van der Waals surface area contributed by atoms with Crippen LogP contribution < -0.4 is 5.32 Å². The molecule has 0 spiro atoms. The van der Waals surface area contributed by atoms with Gasteiger partial charge in [-0.2, -0.15) is 13.2 Å². The van der Waals surface area contributed by atoms with E-state index in [1.807, 2.05) is 4.90 Å². The number of carbonyl (C=O) groups is 5. The molecule has 0 aliphatic carbocycles. The number of carbonyl (C=O) groups excluding carboxylic acids is 5. The molecule has 19 heteroatoms. The lowest BCUT2D eigenvalue weighted by molar-refractivity contribution is -0.295. The monoisotopic (exact) mass is 875 g/mol. The van der Waals surface area contributed by atoms with Gasteiger partial charge >= 0.3 is 24.3 Å². The number of amides is 2. The van der Waals surface area contributed by atoms with Gasteiger partial charge < -0.3 is 43.3 Å². The first-order chi connectivity index (χ1) is 28.2. The second-order valence-electron chi connectivity index (χ2n) is 17.3. The number of anilines is 1. The van der Waals surface area contributed by atoms with Gasteiger partial charge in [-0.05, 0) is 91.7 Å². The minimum Gasteiger partial charge on any atom is -0.455 e. The summed E-state index contributed by atoms with van der Waals surface area (Å²) in [7, 11) is 4.90. The number of ketones is 2. The number of cyclic esters (lactones) is 1. The van der Waals surface area contributed by atoms with E-state index in [1.165, 1.54) is 25.9 Å². The summed E-state index contributed by atoms with van der Waals surface area (Å²) in [5.41, 5.74) is -7.41. The van der Waals surface area contributed by atoms with Crippen molar-refractivity contribution in [2.75, 3.05) is 39.7 Å². The van der Waals surface area contributed by atoms with Crippen molar-refractivity contribution in [2.45, 2.75) is 147 Å². The number of Topliss-reactive ketones (excluding diaryl/α,β-unsaturated/α-hetero) is 2. The summed E-state index contributed by atoms with van der Waals surface area (Å²) in [6, 6.07) is 2.19. The highest BCUT2D eigenvalue weighted by Crippen LogP contribution is 2.44. The maximum absolute atomic E-state index is 16.8. The van der Waals surface area contributed by atoms with E-state index in [1.54, 1.807) is 48.7 Å². The highest BCUT2D eigenvalue weighted by atomic mass is 19.4. The number of alkyl halides is 4. The molecule has 344 valence electrons. The predicted octanol–water partition coefficient (Wildman–Crippen LogP) is 5.94. The van der Waals surface area contributed by atoms with E-state index in [4.69, 9.17) is 28.4 Å². The number of rotatable bonds is 10. The Morgan fingerprint density at radius 1 is 1.03 bits per heavy atom. The standard InChI is InChI=1S/C42H61F4N3O12/c1-12-29-41(8)32(49(38(55)61-41)18-13-19-57-37(54)47-27-16-14-26(15-17-27)42(44,45)46)24(4)30(50)22(2)21-39(6,56-11)34(25(5)33(52)40(7,43)36(53)59-29)60-35-31(51)28(48(9)10)20-23(3)58-35/h14-17,22-25,28-29,31-32,34-35,51H,12-13,18-21H2,1-11H3,(H,47,54)/t22-,23-,24+,25+,28+,29-,31-,32-,34-,35+,39-,40+,41-/m1/s1. The molecule has 4 rings (SSSR count). The Morgan fingerprint density at radius 2 is 1.66 bits per heavy atom. The number of ether oxygens (including phenoxy) is 6. The number of nitrogens with zero attached hydrogens (tertiary/aromatic N) is 2. The van der Waals surface area contributed by atoms with Crippen molar-refractivity contribution in [1.82, 2.24) is 9.80 Å². The van der Waals surface area contributed by atoms with Crippen molar-refractivity contribution in [1.29, 1.82) is 0 Å². The summed E-state index contributed by atoms with van der Waals surface area (Å²) >= 11 is 0. The van der Waals surface area contributed by atoms with Gasteiger partial charge in [-0.1, -0.05) is 27.7 Å². The van der Waals surface area contributed by atoms with E-state index in [0.717, 1.165) is 31.2 Å². The number of benzene rings is 1. The lowest BCUT2D eigenvalue weighted by Gasteiger charge is -2.47. The van der Waals surface area contributed by atoms with Crippen LogP contribution in [-0.4, -0.2) is 139 Å². The number of hydrogen-bond donors (Lipinski definition) is 2. The molecular weight excluding hydrogens is 814 g/mol. The molecule has 1 aromatic rings. The first-order valence-corrected chi connectivity index (χ1v) is 20.5. The Hall–Kier alpha value is -3.91. The summed E-state index contributed by atoms with van der Waals surface area (Å²) in [5.74, 6) is -6.45. The fourth-order valence-electron chi connectivity index (χ4n) is 9.01. The zero-order chi connectivity index (χ0) is 46.0. The number of hydrogen-bond acceptors (Lipinski definition) is 13. The zero-order valence-electron chi connectivity index (χ0n) is 36.7. The molecule has 2 amide bonds.